The van der Waals surface area contributed by atoms with Gasteiger partial charge in [-0.05, 0) is 29.6 Å². The van der Waals surface area contributed by atoms with Crippen LogP contribution < -0.4 is 4.74 Å². The molecule has 1 N–H and O–H groups in total. The van der Waals surface area contributed by atoms with Crippen molar-refractivity contribution >= 4 is 35.7 Å². The standard InChI is InChI=1S/C25H29N3O9/c1-33-19(29)8-6-15-14(10-21(31)35-3)13-27-23(15)18(12-26)24-16(7-9-20(30)34-2)17(11-22(32)36-4)25(28-24)37-5/h13,28H,6-11H2,1-5H3/b23-18-. The summed E-state index contributed by atoms with van der Waals surface area (Å²) in [7, 11) is 6.41. The van der Waals surface area contributed by atoms with Gasteiger partial charge in [0.1, 0.15) is 11.6 Å². The Morgan fingerprint density at radius 2 is 1.41 bits per heavy atom. The number of allylic oxidation sites excluding steroid dienone is 2. The number of hydrogen-bond donors (Lipinski definition) is 1. The fourth-order valence-corrected chi connectivity index (χ4v) is 3.83. The number of H-pyrrole nitrogens is 1. The van der Waals surface area contributed by atoms with E-state index in [1.165, 1.54) is 41.8 Å². The first-order valence-electron chi connectivity index (χ1n) is 11.2. The number of methoxy groups -OCH3 is 5. The molecule has 1 aromatic heterocycles. The van der Waals surface area contributed by atoms with Crippen molar-refractivity contribution < 1.29 is 42.9 Å². The number of aliphatic imine (C=N–C) groups is 1. The second kappa shape index (κ2) is 13.6. The van der Waals surface area contributed by atoms with E-state index in [-0.39, 0.29) is 61.4 Å². The fourth-order valence-electron chi connectivity index (χ4n) is 3.83. The van der Waals surface area contributed by atoms with Gasteiger partial charge in [0.2, 0.25) is 0 Å². The number of nitrogens with one attached hydrogen (secondary N) is 1. The number of carbonyl (C=O) groups excluding carboxylic acids is 4. The molecule has 0 fully saturated rings. The molecule has 198 valence electrons. The van der Waals surface area contributed by atoms with Crippen LogP contribution in [0.2, 0.25) is 0 Å². The fraction of sp³-hybridized carbons (Fsp3) is 0.440. The first kappa shape index (κ1) is 28.8. The Morgan fingerprint density at radius 1 is 0.838 bits per heavy atom. The molecule has 2 heterocycles. The lowest BCUT2D eigenvalue weighted by molar-refractivity contribution is -0.141. The third-order valence-electron chi connectivity index (χ3n) is 5.73. The van der Waals surface area contributed by atoms with Gasteiger partial charge in [0, 0.05) is 24.6 Å². The molecule has 0 aromatic carbocycles. The number of nitrogens with zero attached hydrogens (tertiary/aromatic N) is 2. The molecule has 0 amide bonds. The molecule has 37 heavy (non-hydrogen) atoms. The maximum atomic E-state index is 12.1. The number of aromatic nitrogens is 1. The average Bonchev–Trinajstić information content (AvgIpc) is 3.46. The maximum Gasteiger partial charge on any atom is 0.310 e. The van der Waals surface area contributed by atoms with Gasteiger partial charge in [0.25, 0.3) is 0 Å². The summed E-state index contributed by atoms with van der Waals surface area (Å²) in [5.41, 5.74) is 2.46. The number of ether oxygens (including phenoxy) is 5. The zero-order valence-electron chi connectivity index (χ0n) is 21.4. The number of hydrogen-bond acceptors (Lipinski definition) is 11. The van der Waals surface area contributed by atoms with Crippen LogP contribution >= 0.6 is 0 Å². The average molecular weight is 516 g/mol. The Hall–Kier alpha value is -4.40. The molecular formula is C25H29N3O9. The second-order valence-corrected chi connectivity index (χ2v) is 7.75. The van der Waals surface area contributed by atoms with Crippen molar-refractivity contribution in [3.05, 3.63) is 33.7 Å². The van der Waals surface area contributed by atoms with Gasteiger partial charge in [-0.2, -0.15) is 5.26 Å². The molecule has 2 rings (SSSR count). The third-order valence-corrected chi connectivity index (χ3v) is 5.73. The molecule has 0 saturated heterocycles. The van der Waals surface area contributed by atoms with E-state index in [0.717, 1.165) is 0 Å². The van der Waals surface area contributed by atoms with Crippen LogP contribution in [0, 0.1) is 11.3 Å². The molecule has 0 atom stereocenters. The van der Waals surface area contributed by atoms with Gasteiger partial charge in [-0.3, -0.25) is 24.2 Å². The highest BCUT2D eigenvalue weighted by Crippen LogP contribution is 2.38. The molecule has 1 aromatic rings. The van der Waals surface area contributed by atoms with E-state index in [9.17, 15) is 24.4 Å². The van der Waals surface area contributed by atoms with Crippen molar-refractivity contribution in [2.75, 3.05) is 35.5 Å². The smallest absolute Gasteiger partial charge is 0.310 e. The molecule has 12 nitrogen and oxygen atoms in total. The maximum absolute atomic E-state index is 12.1. The minimum atomic E-state index is -0.549. The number of esters is 4. The molecule has 1 aliphatic heterocycles. The minimum absolute atomic E-state index is 0.0150. The Kier molecular flexibility index (Phi) is 10.6. The molecule has 0 radical (unpaired) electrons. The minimum Gasteiger partial charge on any atom is -0.482 e. The highest BCUT2D eigenvalue weighted by Gasteiger charge is 2.29. The van der Waals surface area contributed by atoms with E-state index in [2.05, 4.69) is 16.0 Å². The number of rotatable bonds is 12. The van der Waals surface area contributed by atoms with Gasteiger partial charge in [-0.1, -0.05) is 0 Å². The van der Waals surface area contributed by atoms with Crippen LogP contribution in [0.3, 0.4) is 0 Å². The topological polar surface area (TPSA) is 166 Å². The summed E-state index contributed by atoms with van der Waals surface area (Å²) in [5.74, 6) is -1.82. The molecule has 0 saturated carbocycles. The first-order valence-corrected chi connectivity index (χ1v) is 11.2. The van der Waals surface area contributed by atoms with Crippen molar-refractivity contribution in [1.29, 1.82) is 5.26 Å². The predicted octanol–water partition coefficient (Wildman–Crippen LogP) is 1.98. The number of nitriles is 1. The van der Waals surface area contributed by atoms with Gasteiger partial charge in [0.15, 0.2) is 5.88 Å². The predicted molar refractivity (Wildman–Crippen MR) is 129 cm³/mol. The van der Waals surface area contributed by atoms with Gasteiger partial charge >= 0.3 is 23.9 Å². The Balaban J connectivity index is 2.74. The van der Waals surface area contributed by atoms with E-state index in [1.54, 1.807) is 0 Å². The second-order valence-electron chi connectivity index (χ2n) is 7.75. The van der Waals surface area contributed by atoms with Crippen LogP contribution in [-0.4, -0.2) is 70.6 Å². The Labute approximate surface area is 213 Å². The highest BCUT2D eigenvalue weighted by atomic mass is 16.5. The third kappa shape index (κ3) is 7.07. The zero-order valence-corrected chi connectivity index (χ0v) is 21.4. The quantitative estimate of drug-likeness (QED) is 0.247. The van der Waals surface area contributed by atoms with Crippen molar-refractivity contribution in [2.45, 2.75) is 38.5 Å². The summed E-state index contributed by atoms with van der Waals surface area (Å²) in [5, 5.41) is 10.2. The van der Waals surface area contributed by atoms with Crippen molar-refractivity contribution in [3.63, 3.8) is 0 Å². The van der Waals surface area contributed by atoms with Crippen LogP contribution in [-0.2, 0) is 51.0 Å². The van der Waals surface area contributed by atoms with E-state index in [1.807, 2.05) is 0 Å². The van der Waals surface area contributed by atoms with Gasteiger partial charge in [-0.15, -0.1) is 0 Å². The lowest BCUT2D eigenvalue weighted by Gasteiger charge is -2.11. The summed E-state index contributed by atoms with van der Waals surface area (Å²) in [6, 6.07) is 2.13. The largest absolute Gasteiger partial charge is 0.482 e. The normalized spacial score (nSPS) is 13.6. The van der Waals surface area contributed by atoms with Gasteiger partial charge in [0.05, 0.1) is 59.8 Å². The van der Waals surface area contributed by atoms with Crippen molar-refractivity contribution in [3.8, 4) is 11.9 Å². The first-order chi connectivity index (χ1) is 17.7. The molecule has 0 bridgehead atoms. The summed E-state index contributed by atoms with van der Waals surface area (Å²) in [6.45, 7) is 0. The molecule has 0 unspecified atom stereocenters. The molecule has 0 aliphatic carbocycles. The summed E-state index contributed by atoms with van der Waals surface area (Å²) in [6.07, 6.45) is 1.36. The molecule has 12 heteroatoms. The van der Waals surface area contributed by atoms with Crippen molar-refractivity contribution in [2.24, 2.45) is 4.99 Å². The Morgan fingerprint density at radius 3 is 1.95 bits per heavy atom. The van der Waals surface area contributed by atoms with E-state index in [4.69, 9.17) is 23.7 Å². The summed E-state index contributed by atoms with van der Waals surface area (Å²) >= 11 is 0. The van der Waals surface area contributed by atoms with Crippen LogP contribution in [0.5, 0.6) is 5.88 Å². The van der Waals surface area contributed by atoms with Crippen LogP contribution in [0.15, 0.2) is 21.8 Å². The summed E-state index contributed by atoms with van der Waals surface area (Å²) < 4.78 is 24.5. The number of aromatic amines is 1. The monoisotopic (exact) mass is 515 g/mol. The molecular weight excluding hydrogens is 486 g/mol. The van der Waals surface area contributed by atoms with E-state index < -0.39 is 23.9 Å². The van der Waals surface area contributed by atoms with E-state index >= 15 is 0 Å². The number of carbonyl (C=O) groups is 4. The van der Waals surface area contributed by atoms with E-state index in [0.29, 0.717) is 22.3 Å². The van der Waals surface area contributed by atoms with Crippen LogP contribution in [0.4, 0.5) is 0 Å². The van der Waals surface area contributed by atoms with Gasteiger partial charge < -0.3 is 28.7 Å². The van der Waals surface area contributed by atoms with Crippen LogP contribution in [0.1, 0.15) is 42.5 Å². The Bertz CT molecular complexity index is 1200. The SMILES string of the molecule is COC(=O)CCC1=C(CC(=O)OC)C=N/C1=C(/C#N)c1[nH]c(OC)c(CC(=O)OC)c1CCC(=O)OC. The van der Waals surface area contributed by atoms with Crippen LogP contribution in [0.25, 0.3) is 5.57 Å². The zero-order chi connectivity index (χ0) is 27.5. The lowest BCUT2D eigenvalue weighted by atomic mass is 9.94. The highest BCUT2D eigenvalue weighted by molar-refractivity contribution is 5.97. The van der Waals surface area contributed by atoms with Crippen molar-refractivity contribution in [1.82, 2.24) is 4.98 Å². The lowest BCUT2D eigenvalue weighted by Crippen LogP contribution is -2.09. The molecule has 0 spiro atoms. The summed E-state index contributed by atoms with van der Waals surface area (Å²) in [4.78, 5) is 55.3. The van der Waals surface area contributed by atoms with Gasteiger partial charge in [-0.25, -0.2) is 0 Å². The molecule has 1 aliphatic rings.